The fraction of sp³-hybridized carbons (Fsp3) is 0.364. The zero-order valence-corrected chi connectivity index (χ0v) is 15.0. The third-order valence-electron chi connectivity index (χ3n) is 5.99. The van der Waals surface area contributed by atoms with Gasteiger partial charge < -0.3 is 14.8 Å². The van der Waals surface area contributed by atoms with E-state index in [2.05, 4.69) is 53.8 Å². The van der Waals surface area contributed by atoms with E-state index in [1.807, 2.05) is 0 Å². The van der Waals surface area contributed by atoms with Crippen LogP contribution < -0.4 is 5.32 Å². The Morgan fingerprint density at radius 1 is 0.741 bits per heavy atom. The summed E-state index contributed by atoms with van der Waals surface area (Å²) in [4.78, 5) is 9.59. The maximum absolute atomic E-state index is 6.06. The van der Waals surface area contributed by atoms with Crippen molar-refractivity contribution in [2.75, 3.05) is 13.1 Å². The van der Waals surface area contributed by atoms with Crippen LogP contribution in [0.4, 0.5) is 0 Å². The maximum atomic E-state index is 6.06. The van der Waals surface area contributed by atoms with E-state index >= 15 is 0 Å². The van der Waals surface area contributed by atoms with Gasteiger partial charge in [-0.1, -0.05) is 48.5 Å². The van der Waals surface area contributed by atoms with Crippen LogP contribution >= 0.6 is 0 Å². The third kappa shape index (κ3) is 2.49. The Hall–Kier alpha value is -2.66. The molecule has 0 saturated carbocycles. The summed E-state index contributed by atoms with van der Waals surface area (Å²) < 4.78 is 12.1. The Labute approximate surface area is 158 Å². The van der Waals surface area contributed by atoms with Crippen molar-refractivity contribution in [1.82, 2.24) is 5.32 Å². The Kier molecular flexibility index (Phi) is 3.38. The van der Waals surface area contributed by atoms with Crippen LogP contribution in [0.1, 0.15) is 34.3 Å². The number of nitrogens with one attached hydrogen (secondary N) is 1. The lowest BCUT2D eigenvalue weighted by molar-refractivity contribution is 0.199. The summed E-state index contributed by atoms with van der Waals surface area (Å²) in [5.41, 5.74) is 5.35. The normalized spacial score (nSPS) is 29.2. The Balaban J connectivity index is 1.08. The van der Waals surface area contributed by atoms with Crippen molar-refractivity contribution >= 4 is 11.8 Å². The van der Waals surface area contributed by atoms with Crippen molar-refractivity contribution in [3.05, 3.63) is 70.8 Å². The highest BCUT2D eigenvalue weighted by Gasteiger charge is 2.40. The highest BCUT2D eigenvalue weighted by molar-refractivity contribution is 5.83. The molecule has 2 unspecified atom stereocenters. The van der Waals surface area contributed by atoms with E-state index in [4.69, 9.17) is 19.5 Å². The van der Waals surface area contributed by atoms with Crippen LogP contribution in [-0.2, 0) is 22.3 Å². The summed E-state index contributed by atoms with van der Waals surface area (Å²) in [6.45, 7) is 1.23. The van der Waals surface area contributed by atoms with Gasteiger partial charge in [0.05, 0.1) is 13.1 Å². The summed E-state index contributed by atoms with van der Waals surface area (Å²) in [6.07, 6.45) is 2.23. The molecule has 0 fully saturated rings. The van der Waals surface area contributed by atoms with Gasteiger partial charge in [0, 0.05) is 12.8 Å². The predicted octanol–water partition coefficient (Wildman–Crippen LogP) is 2.77. The molecule has 0 saturated heterocycles. The van der Waals surface area contributed by atoms with E-state index in [0.29, 0.717) is 13.1 Å². The fourth-order valence-corrected chi connectivity index (χ4v) is 4.76. The Morgan fingerprint density at radius 2 is 1.22 bits per heavy atom. The average molecular weight is 359 g/mol. The monoisotopic (exact) mass is 359 g/mol. The number of ether oxygens (including phenoxy) is 2. The van der Waals surface area contributed by atoms with Gasteiger partial charge >= 0.3 is 0 Å². The summed E-state index contributed by atoms with van der Waals surface area (Å²) in [5.74, 6) is 1.59. The smallest absolute Gasteiger partial charge is 0.198 e. The fourth-order valence-electron chi connectivity index (χ4n) is 4.76. The molecule has 0 radical (unpaired) electrons. The highest BCUT2D eigenvalue weighted by Crippen LogP contribution is 2.40. The van der Waals surface area contributed by atoms with Crippen molar-refractivity contribution in [2.24, 2.45) is 9.98 Å². The molecule has 0 bridgehead atoms. The summed E-state index contributed by atoms with van der Waals surface area (Å²) in [7, 11) is 0. The molecule has 27 heavy (non-hydrogen) atoms. The number of fused-ring (bicyclic) bond motifs is 6. The molecule has 2 aliphatic heterocycles. The lowest BCUT2D eigenvalue weighted by Gasteiger charge is -2.11. The first kappa shape index (κ1) is 15.4. The molecule has 6 rings (SSSR count). The van der Waals surface area contributed by atoms with E-state index < -0.39 is 0 Å². The minimum Gasteiger partial charge on any atom is -0.474 e. The van der Waals surface area contributed by atoms with E-state index in [1.54, 1.807) is 0 Å². The number of hydrogen-bond donors (Lipinski definition) is 1. The van der Waals surface area contributed by atoms with Gasteiger partial charge in [-0.25, -0.2) is 9.98 Å². The highest BCUT2D eigenvalue weighted by atomic mass is 16.5. The first-order valence-electron chi connectivity index (χ1n) is 9.68. The summed E-state index contributed by atoms with van der Waals surface area (Å²) in [5, 5.41) is 3.38. The number of benzene rings is 2. The van der Waals surface area contributed by atoms with Crippen LogP contribution in [0.25, 0.3) is 0 Å². The molecule has 2 aliphatic carbocycles. The Bertz CT molecular complexity index is 890. The van der Waals surface area contributed by atoms with Crippen LogP contribution in [0.2, 0.25) is 0 Å². The van der Waals surface area contributed by atoms with Crippen LogP contribution in [0, 0.1) is 0 Å². The molecule has 4 aliphatic rings. The third-order valence-corrected chi connectivity index (χ3v) is 5.99. The van der Waals surface area contributed by atoms with Crippen LogP contribution in [0.5, 0.6) is 0 Å². The minimum atomic E-state index is 0.161. The lowest BCUT2D eigenvalue weighted by Crippen LogP contribution is -2.30. The van der Waals surface area contributed by atoms with Crippen molar-refractivity contribution in [3.8, 4) is 0 Å². The zero-order valence-electron chi connectivity index (χ0n) is 15.0. The van der Waals surface area contributed by atoms with Crippen molar-refractivity contribution in [3.63, 3.8) is 0 Å². The second kappa shape index (κ2) is 5.92. The van der Waals surface area contributed by atoms with Gasteiger partial charge in [-0.05, 0) is 22.3 Å². The molecule has 0 amide bonds. The van der Waals surface area contributed by atoms with E-state index in [9.17, 15) is 0 Å². The summed E-state index contributed by atoms with van der Waals surface area (Å²) >= 11 is 0. The second-order valence-electron chi connectivity index (χ2n) is 7.66. The van der Waals surface area contributed by atoms with Gasteiger partial charge in [-0.3, -0.25) is 0 Å². The molecule has 4 atom stereocenters. The molecule has 0 aromatic heterocycles. The first-order chi connectivity index (χ1) is 13.3. The molecule has 0 spiro atoms. The van der Waals surface area contributed by atoms with Crippen LogP contribution in [0.15, 0.2) is 58.5 Å². The number of hydrogen-bond acceptors (Lipinski definition) is 5. The van der Waals surface area contributed by atoms with Crippen molar-refractivity contribution < 1.29 is 9.47 Å². The quantitative estimate of drug-likeness (QED) is 0.913. The van der Waals surface area contributed by atoms with Crippen LogP contribution in [0.3, 0.4) is 0 Å². The molecule has 5 heteroatoms. The van der Waals surface area contributed by atoms with Crippen LogP contribution in [-0.4, -0.2) is 37.1 Å². The number of rotatable bonds is 4. The zero-order chi connectivity index (χ0) is 17.8. The molecular weight excluding hydrogens is 338 g/mol. The minimum absolute atomic E-state index is 0.161. The maximum Gasteiger partial charge on any atom is 0.198 e. The first-order valence-corrected chi connectivity index (χ1v) is 9.68. The molecule has 5 nitrogen and oxygen atoms in total. The largest absolute Gasteiger partial charge is 0.474 e. The van der Waals surface area contributed by atoms with Gasteiger partial charge in [0.15, 0.2) is 11.8 Å². The summed E-state index contributed by atoms with van der Waals surface area (Å²) in [6, 6.07) is 17.3. The van der Waals surface area contributed by atoms with Gasteiger partial charge in [-0.15, -0.1) is 0 Å². The Morgan fingerprint density at radius 3 is 1.74 bits per heavy atom. The van der Waals surface area contributed by atoms with Crippen molar-refractivity contribution in [1.29, 1.82) is 0 Å². The molecule has 1 N–H and O–H groups in total. The molecule has 2 aromatic carbocycles. The topological polar surface area (TPSA) is 55.2 Å². The van der Waals surface area contributed by atoms with E-state index in [-0.39, 0.29) is 24.3 Å². The van der Waals surface area contributed by atoms with Gasteiger partial charge in [0.1, 0.15) is 24.3 Å². The average Bonchev–Trinajstić information content (AvgIpc) is 3.40. The second-order valence-corrected chi connectivity index (χ2v) is 7.66. The van der Waals surface area contributed by atoms with Gasteiger partial charge in [0.25, 0.3) is 0 Å². The lowest BCUT2D eigenvalue weighted by atomic mass is 10.1. The van der Waals surface area contributed by atoms with Gasteiger partial charge in [0.2, 0.25) is 0 Å². The molecule has 2 aromatic rings. The standard InChI is InChI=1S/C22H21N3O2/c1-3-7-15-13(5-1)9-17-21(15)24-19(26-17)11-23-12-20-25-22-16-8-4-2-6-14(16)10-18(22)27-20/h1-8,17-18,21-23H,9-12H2/t17-,18-,21?,22?/m1/s1. The molecule has 2 heterocycles. The van der Waals surface area contributed by atoms with Crippen molar-refractivity contribution in [2.45, 2.75) is 37.1 Å². The number of aliphatic imine (C=N–C) groups is 2. The van der Waals surface area contributed by atoms with Gasteiger partial charge in [-0.2, -0.15) is 0 Å². The molecule has 136 valence electrons. The SMILES string of the molecule is c1ccc2c(c1)C[C@H]1OC(CNCC3=NC4c5ccccc5C[C@H]4O3)=NC21. The number of nitrogens with zero attached hydrogens (tertiary/aromatic N) is 2. The molecular formula is C22H21N3O2. The van der Waals surface area contributed by atoms with E-state index in [0.717, 1.165) is 24.6 Å². The predicted molar refractivity (Wildman–Crippen MR) is 103 cm³/mol. The van der Waals surface area contributed by atoms with E-state index in [1.165, 1.54) is 22.3 Å².